The Hall–Kier alpha value is -3.13. The van der Waals surface area contributed by atoms with Crippen molar-refractivity contribution < 1.29 is 9.53 Å². The lowest BCUT2D eigenvalue weighted by atomic mass is 9.98. The number of carbonyl (C=O) groups is 1. The second-order valence-electron chi connectivity index (χ2n) is 7.45. The minimum absolute atomic E-state index is 0.350. The van der Waals surface area contributed by atoms with E-state index >= 15 is 0 Å². The summed E-state index contributed by atoms with van der Waals surface area (Å²) in [7, 11) is 0. The first kappa shape index (κ1) is 19.6. The van der Waals surface area contributed by atoms with Gasteiger partial charge in [0.15, 0.2) is 0 Å². The van der Waals surface area contributed by atoms with Gasteiger partial charge in [-0.3, -0.25) is 0 Å². The van der Waals surface area contributed by atoms with Gasteiger partial charge in [0.25, 0.3) is 0 Å². The van der Waals surface area contributed by atoms with Gasteiger partial charge in [-0.25, -0.2) is 4.79 Å². The van der Waals surface area contributed by atoms with E-state index in [0.29, 0.717) is 17.2 Å². The summed E-state index contributed by atoms with van der Waals surface area (Å²) >= 11 is 0. The topological polar surface area (TPSA) is 26.3 Å². The Morgan fingerprint density at radius 2 is 1.61 bits per heavy atom. The van der Waals surface area contributed by atoms with Crippen molar-refractivity contribution in [3.63, 3.8) is 0 Å². The Kier molecular flexibility index (Phi) is 6.44. The number of rotatable bonds is 6. The number of hydrogen-bond donors (Lipinski definition) is 0. The van der Waals surface area contributed by atoms with Gasteiger partial charge in [0.2, 0.25) is 0 Å². The molecule has 0 spiro atoms. The molecule has 0 heterocycles. The molecule has 0 aliphatic carbocycles. The summed E-state index contributed by atoms with van der Waals surface area (Å²) in [6, 6.07) is 25.4. The van der Waals surface area contributed by atoms with Gasteiger partial charge in [0, 0.05) is 0 Å². The fourth-order valence-corrected chi connectivity index (χ4v) is 3.12. The van der Waals surface area contributed by atoms with Crippen LogP contribution in [0.2, 0.25) is 0 Å². The predicted molar refractivity (Wildman–Crippen MR) is 116 cm³/mol. The molecule has 0 N–H and O–H groups in total. The van der Waals surface area contributed by atoms with Crippen molar-refractivity contribution in [2.24, 2.45) is 5.92 Å². The van der Waals surface area contributed by atoms with Gasteiger partial charge in [0.1, 0.15) is 5.75 Å². The number of carbonyl (C=O) groups excluding carboxylic acids is 1. The molecule has 0 aromatic heterocycles. The lowest BCUT2D eigenvalue weighted by Crippen LogP contribution is -2.08. The normalized spacial score (nSPS) is 11.5. The standard InChI is InChI=1S/C26H26O2/c1-19(2)16-21-12-14-23(15-13-21)20(3)17-22-8-7-9-24(18-22)26(27)28-25-10-5-4-6-11-25/h4-15,17-19H,16H2,1-3H3. The lowest BCUT2D eigenvalue weighted by Gasteiger charge is -2.08. The van der Waals surface area contributed by atoms with Gasteiger partial charge in [-0.1, -0.05) is 74.5 Å². The third kappa shape index (κ3) is 5.43. The number of para-hydroxylation sites is 1. The van der Waals surface area contributed by atoms with Crippen LogP contribution in [0.25, 0.3) is 11.6 Å². The van der Waals surface area contributed by atoms with Gasteiger partial charge in [0.05, 0.1) is 5.56 Å². The zero-order valence-electron chi connectivity index (χ0n) is 16.7. The Balaban J connectivity index is 1.75. The molecule has 0 aliphatic rings. The molecule has 2 heteroatoms. The molecular weight excluding hydrogens is 344 g/mol. The molecule has 0 radical (unpaired) electrons. The summed E-state index contributed by atoms with van der Waals surface area (Å²) in [5.74, 6) is 0.851. The van der Waals surface area contributed by atoms with Crippen molar-refractivity contribution >= 4 is 17.6 Å². The van der Waals surface area contributed by atoms with Crippen molar-refractivity contribution in [3.8, 4) is 5.75 Å². The van der Waals surface area contributed by atoms with E-state index in [9.17, 15) is 4.79 Å². The quantitative estimate of drug-likeness (QED) is 0.275. The van der Waals surface area contributed by atoms with Crippen molar-refractivity contribution in [2.75, 3.05) is 0 Å². The van der Waals surface area contributed by atoms with Crippen LogP contribution in [0.4, 0.5) is 0 Å². The molecule has 3 aromatic carbocycles. The van der Waals surface area contributed by atoms with E-state index in [1.165, 1.54) is 11.1 Å². The van der Waals surface area contributed by atoms with Crippen LogP contribution in [-0.2, 0) is 6.42 Å². The summed E-state index contributed by atoms with van der Waals surface area (Å²) in [6.07, 6.45) is 3.19. The smallest absolute Gasteiger partial charge is 0.343 e. The summed E-state index contributed by atoms with van der Waals surface area (Å²) in [5, 5.41) is 0. The summed E-state index contributed by atoms with van der Waals surface area (Å²) in [4.78, 5) is 12.4. The molecule has 142 valence electrons. The molecule has 2 nitrogen and oxygen atoms in total. The zero-order chi connectivity index (χ0) is 19.9. The van der Waals surface area contributed by atoms with Crippen LogP contribution in [0.3, 0.4) is 0 Å². The Morgan fingerprint density at radius 1 is 0.893 bits per heavy atom. The number of ether oxygens (including phenoxy) is 1. The highest BCUT2D eigenvalue weighted by Crippen LogP contribution is 2.20. The van der Waals surface area contributed by atoms with Crippen LogP contribution in [-0.4, -0.2) is 5.97 Å². The molecule has 0 aliphatic heterocycles. The van der Waals surface area contributed by atoms with Crippen molar-refractivity contribution in [3.05, 3.63) is 101 Å². The maximum atomic E-state index is 12.4. The van der Waals surface area contributed by atoms with E-state index in [1.807, 2.05) is 36.4 Å². The minimum atomic E-state index is -0.350. The van der Waals surface area contributed by atoms with Crippen LogP contribution in [0.5, 0.6) is 5.75 Å². The van der Waals surface area contributed by atoms with Crippen LogP contribution < -0.4 is 4.74 Å². The van der Waals surface area contributed by atoms with Crippen LogP contribution in [0.1, 0.15) is 47.8 Å². The third-order valence-corrected chi connectivity index (χ3v) is 4.51. The van der Waals surface area contributed by atoms with E-state index < -0.39 is 0 Å². The highest BCUT2D eigenvalue weighted by molar-refractivity contribution is 5.92. The molecule has 3 rings (SSSR count). The molecule has 0 amide bonds. The first-order valence-electron chi connectivity index (χ1n) is 9.66. The molecular formula is C26H26O2. The number of esters is 1. The molecule has 0 unspecified atom stereocenters. The first-order chi connectivity index (χ1) is 13.5. The van der Waals surface area contributed by atoms with Crippen LogP contribution in [0, 0.1) is 5.92 Å². The Bertz CT molecular complexity index is 951. The minimum Gasteiger partial charge on any atom is -0.423 e. The van der Waals surface area contributed by atoms with Crippen molar-refractivity contribution in [1.29, 1.82) is 0 Å². The molecule has 0 bridgehead atoms. The predicted octanol–water partition coefficient (Wildman–Crippen LogP) is 6.66. The maximum Gasteiger partial charge on any atom is 0.343 e. The van der Waals surface area contributed by atoms with Crippen molar-refractivity contribution in [1.82, 2.24) is 0 Å². The van der Waals surface area contributed by atoms with E-state index in [-0.39, 0.29) is 5.97 Å². The molecule has 0 saturated heterocycles. The van der Waals surface area contributed by atoms with Crippen LogP contribution >= 0.6 is 0 Å². The van der Waals surface area contributed by atoms with Gasteiger partial charge >= 0.3 is 5.97 Å². The summed E-state index contributed by atoms with van der Waals surface area (Å²) in [6.45, 7) is 6.55. The van der Waals surface area contributed by atoms with E-state index in [4.69, 9.17) is 4.74 Å². The van der Waals surface area contributed by atoms with Gasteiger partial charge in [-0.15, -0.1) is 0 Å². The van der Waals surface area contributed by atoms with Gasteiger partial charge < -0.3 is 4.74 Å². The van der Waals surface area contributed by atoms with Crippen LogP contribution in [0.15, 0.2) is 78.9 Å². The summed E-state index contributed by atoms with van der Waals surface area (Å²) in [5.41, 5.74) is 5.22. The van der Waals surface area contributed by atoms with Crippen molar-refractivity contribution in [2.45, 2.75) is 27.2 Å². The molecule has 0 fully saturated rings. The highest BCUT2D eigenvalue weighted by atomic mass is 16.5. The molecule has 3 aromatic rings. The van der Waals surface area contributed by atoms with E-state index in [2.05, 4.69) is 51.1 Å². The monoisotopic (exact) mass is 370 g/mol. The maximum absolute atomic E-state index is 12.4. The second kappa shape index (κ2) is 9.18. The fraction of sp³-hybridized carbons (Fsp3) is 0.192. The second-order valence-corrected chi connectivity index (χ2v) is 7.45. The number of benzene rings is 3. The third-order valence-electron chi connectivity index (χ3n) is 4.51. The zero-order valence-corrected chi connectivity index (χ0v) is 16.7. The highest BCUT2D eigenvalue weighted by Gasteiger charge is 2.09. The lowest BCUT2D eigenvalue weighted by molar-refractivity contribution is 0.0734. The van der Waals surface area contributed by atoms with E-state index in [1.54, 1.807) is 18.2 Å². The summed E-state index contributed by atoms with van der Waals surface area (Å²) < 4.78 is 5.43. The van der Waals surface area contributed by atoms with Gasteiger partial charge in [-0.05, 0) is 65.8 Å². The molecule has 28 heavy (non-hydrogen) atoms. The Labute approximate surface area is 167 Å². The van der Waals surface area contributed by atoms with E-state index in [0.717, 1.165) is 17.6 Å². The number of hydrogen-bond acceptors (Lipinski definition) is 2. The average molecular weight is 370 g/mol. The first-order valence-corrected chi connectivity index (χ1v) is 9.66. The van der Waals surface area contributed by atoms with Gasteiger partial charge in [-0.2, -0.15) is 0 Å². The largest absolute Gasteiger partial charge is 0.423 e. The fourth-order valence-electron chi connectivity index (χ4n) is 3.12. The SMILES string of the molecule is CC(=Cc1cccc(C(=O)Oc2ccccc2)c1)c1ccc(CC(C)C)cc1. The Morgan fingerprint density at radius 3 is 2.29 bits per heavy atom. The molecule has 0 saturated carbocycles. The number of allylic oxidation sites excluding steroid dienone is 1. The molecule has 0 atom stereocenters. The average Bonchev–Trinajstić information content (AvgIpc) is 2.69.